The molecule has 0 aliphatic heterocycles. The zero-order chi connectivity index (χ0) is 17.1. The van der Waals surface area contributed by atoms with Crippen molar-refractivity contribution in [1.82, 2.24) is 20.1 Å². The Balaban J connectivity index is 1.63. The van der Waals surface area contributed by atoms with Crippen molar-refractivity contribution < 1.29 is 4.79 Å². The summed E-state index contributed by atoms with van der Waals surface area (Å²) >= 11 is 7.61. The van der Waals surface area contributed by atoms with Gasteiger partial charge in [-0.15, -0.1) is 11.3 Å². The zero-order valence-electron chi connectivity index (χ0n) is 13.4. The molecule has 0 unspecified atom stereocenters. The van der Waals surface area contributed by atoms with Gasteiger partial charge >= 0.3 is 0 Å². The molecule has 0 saturated carbocycles. The van der Waals surface area contributed by atoms with Crippen LogP contribution in [-0.4, -0.2) is 20.7 Å². The van der Waals surface area contributed by atoms with Gasteiger partial charge in [-0.25, -0.2) is 9.67 Å². The van der Waals surface area contributed by atoms with Crippen LogP contribution >= 0.6 is 22.9 Å². The number of carbonyl (C=O) groups is 1. The second kappa shape index (κ2) is 7.15. The Labute approximate surface area is 149 Å². The summed E-state index contributed by atoms with van der Waals surface area (Å²) in [6.45, 7) is 4.27. The normalized spacial score (nSPS) is 10.8. The van der Waals surface area contributed by atoms with E-state index in [0.29, 0.717) is 16.7 Å². The molecular weight excluding hydrogens is 344 g/mol. The van der Waals surface area contributed by atoms with Crippen molar-refractivity contribution in [2.45, 2.75) is 26.8 Å². The van der Waals surface area contributed by atoms with Gasteiger partial charge in [-0.2, -0.15) is 5.10 Å². The van der Waals surface area contributed by atoms with Gasteiger partial charge in [0.2, 0.25) is 11.0 Å². The average Bonchev–Trinajstić information content (AvgIpc) is 3.14. The number of amides is 1. The SMILES string of the molecule is Cc1nn(-c2nc(CC(=O)NCc3ccccc3)cs2)c(C)c1Cl. The lowest BCUT2D eigenvalue weighted by Crippen LogP contribution is -2.24. The number of nitrogens with zero attached hydrogens (tertiary/aromatic N) is 3. The van der Waals surface area contributed by atoms with Gasteiger partial charge < -0.3 is 5.32 Å². The number of halogens is 1. The van der Waals surface area contributed by atoms with Crippen molar-refractivity contribution in [3.8, 4) is 5.13 Å². The van der Waals surface area contributed by atoms with Gasteiger partial charge in [0.15, 0.2) is 0 Å². The van der Waals surface area contributed by atoms with Crippen molar-refractivity contribution in [2.75, 3.05) is 0 Å². The van der Waals surface area contributed by atoms with Gasteiger partial charge in [0, 0.05) is 11.9 Å². The molecule has 0 fully saturated rings. The van der Waals surface area contributed by atoms with Gasteiger partial charge in [-0.3, -0.25) is 4.79 Å². The standard InChI is InChI=1S/C17H17ClN4OS/c1-11-16(18)12(2)22(21-11)17-20-14(10-24-17)8-15(23)19-9-13-6-4-3-5-7-13/h3-7,10H,8-9H2,1-2H3,(H,19,23). The topological polar surface area (TPSA) is 59.8 Å². The molecule has 0 atom stereocenters. The number of hydrogen-bond acceptors (Lipinski definition) is 4. The Bertz CT molecular complexity index is 857. The van der Waals surface area contributed by atoms with Gasteiger partial charge in [0.05, 0.1) is 28.5 Å². The van der Waals surface area contributed by atoms with E-state index in [9.17, 15) is 4.79 Å². The third-order valence-electron chi connectivity index (χ3n) is 3.60. The first kappa shape index (κ1) is 16.7. The maximum atomic E-state index is 12.1. The molecule has 0 aliphatic carbocycles. The van der Waals surface area contributed by atoms with Gasteiger partial charge in [0.1, 0.15) is 0 Å². The van der Waals surface area contributed by atoms with E-state index >= 15 is 0 Å². The molecule has 0 bridgehead atoms. The molecule has 1 N–H and O–H groups in total. The minimum absolute atomic E-state index is 0.0536. The van der Waals surface area contributed by atoms with E-state index in [1.165, 1.54) is 11.3 Å². The van der Waals surface area contributed by atoms with Crippen molar-refractivity contribution in [1.29, 1.82) is 0 Å². The number of carbonyl (C=O) groups excluding carboxylic acids is 1. The molecule has 3 rings (SSSR count). The first-order chi connectivity index (χ1) is 11.5. The summed E-state index contributed by atoms with van der Waals surface area (Å²) in [7, 11) is 0. The fraction of sp³-hybridized carbons (Fsp3) is 0.235. The molecule has 1 amide bonds. The highest BCUT2D eigenvalue weighted by molar-refractivity contribution is 7.12. The quantitative estimate of drug-likeness (QED) is 0.758. The lowest BCUT2D eigenvalue weighted by atomic mass is 10.2. The number of thiazole rings is 1. The Morgan fingerprint density at radius 1 is 1.29 bits per heavy atom. The van der Waals surface area contributed by atoms with E-state index in [0.717, 1.165) is 22.6 Å². The van der Waals surface area contributed by atoms with Crippen LogP contribution in [0.3, 0.4) is 0 Å². The van der Waals surface area contributed by atoms with E-state index in [1.807, 2.05) is 49.6 Å². The van der Waals surface area contributed by atoms with Crippen LogP contribution in [0.25, 0.3) is 5.13 Å². The van der Waals surface area contributed by atoms with E-state index in [1.54, 1.807) is 4.68 Å². The number of aryl methyl sites for hydroxylation is 1. The highest BCUT2D eigenvalue weighted by atomic mass is 35.5. The third kappa shape index (κ3) is 3.66. The highest BCUT2D eigenvalue weighted by Crippen LogP contribution is 2.24. The summed E-state index contributed by atoms with van der Waals surface area (Å²) in [6, 6.07) is 9.82. The maximum Gasteiger partial charge on any atom is 0.226 e. The van der Waals surface area contributed by atoms with Gasteiger partial charge in [-0.05, 0) is 19.4 Å². The Morgan fingerprint density at radius 2 is 2.04 bits per heavy atom. The molecule has 2 heterocycles. The van der Waals surface area contributed by atoms with E-state index in [4.69, 9.17) is 11.6 Å². The van der Waals surface area contributed by atoms with Crippen LogP contribution in [0.15, 0.2) is 35.7 Å². The molecule has 24 heavy (non-hydrogen) atoms. The number of aromatic nitrogens is 3. The molecule has 0 spiro atoms. The summed E-state index contributed by atoms with van der Waals surface area (Å²) in [6.07, 6.45) is 0.246. The van der Waals surface area contributed by atoms with Gasteiger partial charge in [-0.1, -0.05) is 41.9 Å². The fourth-order valence-corrected chi connectivity index (χ4v) is 3.25. The van der Waals surface area contributed by atoms with Crippen LogP contribution < -0.4 is 5.32 Å². The Kier molecular flexibility index (Phi) is 4.97. The third-order valence-corrected chi connectivity index (χ3v) is 5.01. The van der Waals surface area contributed by atoms with E-state index in [2.05, 4.69) is 15.4 Å². The summed E-state index contributed by atoms with van der Waals surface area (Å²) < 4.78 is 1.72. The largest absolute Gasteiger partial charge is 0.352 e. The first-order valence-electron chi connectivity index (χ1n) is 7.51. The second-order valence-electron chi connectivity index (χ2n) is 5.46. The number of nitrogens with one attached hydrogen (secondary N) is 1. The van der Waals surface area contributed by atoms with Crippen LogP contribution in [-0.2, 0) is 17.8 Å². The molecular formula is C17H17ClN4OS. The number of benzene rings is 1. The Morgan fingerprint density at radius 3 is 2.71 bits per heavy atom. The van der Waals surface area contributed by atoms with Crippen molar-refractivity contribution in [3.63, 3.8) is 0 Å². The molecule has 3 aromatic rings. The lowest BCUT2D eigenvalue weighted by Gasteiger charge is -2.04. The van der Waals surface area contributed by atoms with Crippen molar-refractivity contribution in [3.05, 3.63) is 63.4 Å². The van der Waals surface area contributed by atoms with Crippen LogP contribution in [0.1, 0.15) is 22.6 Å². The summed E-state index contributed by atoms with van der Waals surface area (Å²) in [4.78, 5) is 16.6. The predicted octanol–water partition coefficient (Wildman–Crippen LogP) is 3.46. The van der Waals surface area contributed by atoms with Crippen LogP contribution in [0.5, 0.6) is 0 Å². The fourth-order valence-electron chi connectivity index (χ4n) is 2.31. The molecule has 124 valence electrons. The Hall–Kier alpha value is -2.18. The zero-order valence-corrected chi connectivity index (χ0v) is 15.0. The molecule has 1 aromatic carbocycles. The first-order valence-corrected chi connectivity index (χ1v) is 8.77. The van der Waals surface area contributed by atoms with E-state index < -0.39 is 0 Å². The smallest absolute Gasteiger partial charge is 0.226 e. The molecule has 0 aliphatic rings. The molecule has 0 saturated heterocycles. The van der Waals surface area contributed by atoms with Crippen LogP contribution in [0, 0.1) is 13.8 Å². The minimum atomic E-state index is -0.0536. The summed E-state index contributed by atoms with van der Waals surface area (Å²) in [5, 5.41) is 10.5. The van der Waals surface area contributed by atoms with Gasteiger partial charge in [0.25, 0.3) is 0 Å². The second-order valence-corrected chi connectivity index (χ2v) is 6.67. The van der Waals surface area contributed by atoms with Crippen molar-refractivity contribution in [2.24, 2.45) is 0 Å². The lowest BCUT2D eigenvalue weighted by molar-refractivity contribution is -0.120. The maximum absolute atomic E-state index is 12.1. The monoisotopic (exact) mass is 360 g/mol. The number of hydrogen-bond donors (Lipinski definition) is 1. The molecule has 5 nitrogen and oxygen atoms in total. The van der Waals surface area contributed by atoms with Crippen molar-refractivity contribution >= 4 is 28.8 Å². The summed E-state index contributed by atoms with van der Waals surface area (Å²) in [5.74, 6) is -0.0536. The predicted molar refractivity (Wildman–Crippen MR) is 95.7 cm³/mol. The van der Waals surface area contributed by atoms with Crippen LogP contribution in [0.4, 0.5) is 0 Å². The average molecular weight is 361 g/mol. The minimum Gasteiger partial charge on any atom is -0.352 e. The summed E-state index contributed by atoms with van der Waals surface area (Å²) in [5.41, 5.74) is 3.42. The number of rotatable bonds is 5. The van der Waals surface area contributed by atoms with E-state index in [-0.39, 0.29) is 12.3 Å². The molecule has 7 heteroatoms. The highest BCUT2D eigenvalue weighted by Gasteiger charge is 2.14. The molecule has 2 aromatic heterocycles. The van der Waals surface area contributed by atoms with Crippen LogP contribution in [0.2, 0.25) is 5.02 Å². The molecule has 0 radical (unpaired) electrons.